The van der Waals surface area contributed by atoms with Gasteiger partial charge in [-0.3, -0.25) is 0 Å². The lowest BCUT2D eigenvalue weighted by Crippen LogP contribution is -2.15. The largest absolute Gasteiger partial charge is 0.482 e. The molecular formula is C23H25NO3S. The van der Waals surface area contributed by atoms with Gasteiger partial charge in [0.1, 0.15) is 17.4 Å². The summed E-state index contributed by atoms with van der Waals surface area (Å²) in [6.07, 6.45) is 0. The molecule has 1 aromatic heterocycles. The van der Waals surface area contributed by atoms with Crippen molar-refractivity contribution in [2.75, 3.05) is 6.61 Å². The summed E-state index contributed by atoms with van der Waals surface area (Å²) in [4.78, 5) is 16.5. The van der Waals surface area contributed by atoms with Gasteiger partial charge in [0.15, 0.2) is 6.61 Å². The maximum absolute atomic E-state index is 12.0. The number of ether oxygens (including phenoxy) is 2. The van der Waals surface area contributed by atoms with Crippen LogP contribution in [0.15, 0.2) is 53.9 Å². The van der Waals surface area contributed by atoms with E-state index in [0.29, 0.717) is 5.75 Å². The molecule has 146 valence electrons. The van der Waals surface area contributed by atoms with E-state index in [-0.39, 0.29) is 18.6 Å². The van der Waals surface area contributed by atoms with Crippen LogP contribution in [0, 0.1) is 6.92 Å². The molecule has 0 aliphatic rings. The molecule has 3 aromatic rings. The Labute approximate surface area is 170 Å². The molecule has 0 saturated heterocycles. The van der Waals surface area contributed by atoms with Crippen LogP contribution in [0.5, 0.6) is 5.75 Å². The van der Waals surface area contributed by atoms with Gasteiger partial charge in [0.05, 0.1) is 5.69 Å². The first-order chi connectivity index (χ1) is 13.3. The summed E-state index contributed by atoms with van der Waals surface area (Å²) in [5.74, 6) is 0.241. The Bertz CT molecular complexity index is 922. The van der Waals surface area contributed by atoms with Gasteiger partial charge >= 0.3 is 5.97 Å². The third kappa shape index (κ3) is 5.42. The molecule has 0 spiro atoms. The van der Waals surface area contributed by atoms with E-state index in [1.165, 1.54) is 22.5 Å². The summed E-state index contributed by atoms with van der Waals surface area (Å²) < 4.78 is 10.8. The van der Waals surface area contributed by atoms with Gasteiger partial charge in [-0.15, -0.1) is 11.3 Å². The number of nitrogens with zero attached hydrogens (tertiary/aromatic N) is 1. The van der Waals surface area contributed by atoms with Gasteiger partial charge in [-0.25, -0.2) is 9.78 Å². The van der Waals surface area contributed by atoms with E-state index >= 15 is 0 Å². The van der Waals surface area contributed by atoms with Gasteiger partial charge in [0, 0.05) is 10.9 Å². The molecule has 3 rings (SSSR count). The predicted molar refractivity (Wildman–Crippen MR) is 113 cm³/mol. The lowest BCUT2D eigenvalue weighted by Gasteiger charge is -2.19. The SMILES string of the molecule is Cc1ccc(-c2nc(COC(=O)COc3ccc(C(C)(C)C)cc3)cs2)cc1. The van der Waals surface area contributed by atoms with Crippen LogP contribution in [0.4, 0.5) is 0 Å². The minimum Gasteiger partial charge on any atom is -0.482 e. The average Bonchev–Trinajstić information content (AvgIpc) is 3.14. The molecule has 5 heteroatoms. The zero-order valence-electron chi connectivity index (χ0n) is 16.7. The third-order valence-electron chi connectivity index (χ3n) is 4.31. The van der Waals surface area contributed by atoms with Crippen LogP contribution in [-0.2, 0) is 21.6 Å². The summed E-state index contributed by atoms with van der Waals surface area (Å²) in [7, 11) is 0. The van der Waals surface area contributed by atoms with Gasteiger partial charge in [-0.1, -0.05) is 62.7 Å². The van der Waals surface area contributed by atoms with Crippen molar-refractivity contribution in [1.82, 2.24) is 4.98 Å². The van der Waals surface area contributed by atoms with E-state index in [1.807, 2.05) is 41.8 Å². The molecular weight excluding hydrogens is 370 g/mol. The Hall–Kier alpha value is -2.66. The maximum atomic E-state index is 12.0. The van der Waals surface area contributed by atoms with Gasteiger partial charge in [-0.2, -0.15) is 0 Å². The van der Waals surface area contributed by atoms with Crippen LogP contribution in [-0.4, -0.2) is 17.6 Å². The average molecular weight is 396 g/mol. The number of esters is 1. The number of thiazole rings is 1. The molecule has 0 aliphatic heterocycles. The van der Waals surface area contributed by atoms with Crippen molar-refractivity contribution in [3.8, 4) is 16.3 Å². The smallest absolute Gasteiger partial charge is 0.344 e. The highest BCUT2D eigenvalue weighted by atomic mass is 32.1. The summed E-state index contributed by atoms with van der Waals surface area (Å²) in [6, 6.07) is 16.0. The van der Waals surface area contributed by atoms with Gasteiger partial charge in [-0.05, 0) is 30.0 Å². The number of hydrogen-bond donors (Lipinski definition) is 0. The number of rotatable bonds is 6. The highest BCUT2D eigenvalue weighted by Gasteiger charge is 2.13. The van der Waals surface area contributed by atoms with Crippen molar-refractivity contribution in [2.45, 2.75) is 39.7 Å². The first-order valence-electron chi connectivity index (χ1n) is 9.22. The molecule has 2 aromatic carbocycles. The molecule has 0 aliphatic carbocycles. The number of carbonyl (C=O) groups is 1. The lowest BCUT2D eigenvalue weighted by atomic mass is 9.87. The van der Waals surface area contributed by atoms with Crippen LogP contribution < -0.4 is 4.74 Å². The molecule has 0 saturated carbocycles. The zero-order valence-corrected chi connectivity index (χ0v) is 17.5. The zero-order chi connectivity index (χ0) is 20.1. The van der Waals surface area contributed by atoms with Crippen molar-refractivity contribution in [1.29, 1.82) is 0 Å². The molecule has 0 amide bonds. The summed E-state index contributed by atoms with van der Waals surface area (Å²) in [6.45, 7) is 8.55. The molecule has 4 nitrogen and oxygen atoms in total. The lowest BCUT2D eigenvalue weighted by molar-refractivity contribution is -0.147. The van der Waals surface area contributed by atoms with E-state index < -0.39 is 5.97 Å². The Morgan fingerprint density at radius 1 is 1.04 bits per heavy atom. The third-order valence-corrected chi connectivity index (χ3v) is 5.25. The van der Waals surface area contributed by atoms with E-state index in [4.69, 9.17) is 9.47 Å². The van der Waals surface area contributed by atoms with Crippen LogP contribution in [0.3, 0.4) is 0 Å². The summed E-state index contributed by atoms with van der Waals surface area (Å²) >= 11 is 1.54. The second kappa shape index (κ2) is 8.57. The van der Waals surface area contributed by atoms with Crippen LogP contribution in [0.2, 0.25) is 0 Å². The van der Waals surface area contributed by atoms with Crippen molar-refractivity contribution in [3.05, 3.63) is 70.7 Å². The van der Waals surface area contributed by atoms with E-state index in [2.05, 4.69) is 44.8 Å². The van der Waals surface area contributed by atoms with E-state index in [1.54, 1.807) is 0 Å². The molecule has 0 unspecified atom stereocenters. The number of aryl methyl sites for hydroxylation is 1. The fraction of sp³-hybridized carbons (Fsp3) is 0.304. The molecule has 1 heterocycles. The highest BCUT2D eigenvalue weighted by molar-refractivity contribution is 7.13. The van der Waals surface area contributed by atoms with Crippen LogP contribution >= 0.6 is 11.3 Å². The van der Waals surface area contributed by atoms with Crippen LogP contribution in [0.1, 0.15) is 37.6 Å². The van der Waals surface area contributed by atoms with Gasteiger partial charge in [0.2, 0.25) is 0 Å². The summed E-state index contributed by atoms with van der Waals surface area (Å²) in [5.41, 5.74) is 4.32. The van der Waals surface area contributed by atoms with E-state index in [0.717, 1.165) is 16.3 Å². The topological polar surface area (TPSA) is 48.4 Å². The quantitative estimate of drug-likeness (QED) is 0.514. The number of benzene rings is 2. The Kier molecular flexibility index (Phi) is 6.15. The molecule has 0 bridgehead atoms. The molecule has 0 atom stereocenters. The van der Waals surface area contributed by atoms with Crippen molar-refractivity contribution < 1.29 is 14.3 Å². The normalized spacial score (nSPS) is 11.3. The monoisotopic (exact) mass is 395 g/mol. The molecule has 0 N–H and O–H groups in total. The predicted octanol–water partition coefficient (Wildman–Crippen LogP) is 5.54. The minimum atomic E-state index is -0.412. The van der Waals surface area contributed by atoms with Crippen LogP contribution in [0.25, 0.3) is 10.6 Å². The number of hydrogen-bond acceptors (Lipinski definition) is 5. The number of carbonyl (C=O) groups excluding carboxylic acids is 1. The standard InChI is InChI=1S/C23H25NO3S/c1-16-5-7-17(8-6-16)22-24-19(15-28-22)13-27-21(25)14-26-20-11-9-18(10-12-20)23(2,3)4/h5-12,15H,13-14H2,1-4H3. The maximum Gasteiger partial charge on any atom is 0.344 e. The van der Waals surface area contributed by atoms with Crippen molar-refractivity contribution >= 4 is 17.3 Å². The fourth-order valence-corrected chi connectivity index (χ4v) is 3.40. The molecule has 28 heavy (non-hydrogen) atoms. The molecule has 0 fully saturated rings. The second-order valence-electron chi connectivity index (χ2n) is 7.73. The van der Waals surface area contributed by atoms with Gasteiger partial charge < -0.3 is 9.47 Å². The number of aromatic nitrogens is 1. The molecule has 0 radical (unpaired) electrons. The van der Waals surface area contributed by atoms with Gasteiger partial charge in [0.25, 0.3) is 0 Å². The highest BCUT2D eigenvalue weighted by Crippen LogP contribution is 2.25. The fourth-order valence-electron chi connectivity index (χ4n) is 2.59. The van der Waals surface area contributed by atoms with Crippen molar-refractivity contribution in [3.63, 3.8) is 0 Å². The first-order valence-corrected chi connectivity index (χ1v) is 10.1. The Morgan fingerprint density at radius 2 is 1.71 bits per heavy atom. The van der Waals surface area contributed by atoms with Crippen molar-refractivity contribution in [2.24, 2.45) is 0 Å². The second-order valence-corrected chi connectivity index (χ2v) is 8.59. The summed E-state index contributed by atoms with van der Waals surface area (Å²) in [5, 5.41) is 2.83. The Morgan fingerprint density at radius 3 is 2.36 bits per heavy atom. The Balaban J connectivity index is 1.47. The first kappa shape index (κ1) is 20.1. The minimum absolute atomic E-state index is 0.0857. The van der Waals surface area contributed by atoms with E-state index in [9.17, 15) is 4.79 Å².